The molecule has 108 valence electrons. The van der Waals surface area contributed by atoms with Gasteiger partial charge in [-0.2, -0.15) is 0 Å². The van der Waals surface area contributed by atoms with E-state index in [4.69, 9.17) is 11.6 Å². The minimum atomic E-state index is 0.522. The third kappa shape index (κ3) is 8.28. The summed E-state index contributed by atoms with van der Waals surface area (Å²) in [5.41, 5.74) is 1.32. The Hall–Kier alpha value is -0.530. The van der Waals surface area contributed by atoms with Crippen molar-refractivity contribution in [1.29, 1.82) is 0 Å². The van der Waals surface area contributed by atoms with Gasteiger partial charge < -0.3 is 5.32 Å². The van der Waals surface area contributed by atoms with Gasteiger partial charge in [-0.05, 0) is 44.0 Å². The Morgan fingerprint density at radius 2 is 1.84 bits per heavy atom. The zero-order chi connectivity index (χ0) is 13.9. The SMILES string of the molecule is CCCCCCCCNC(C)Cc1cccc(Cl)c1. The van der Waals surface area contributed by atoms with Crippen molar-refractivity contribution in [3.63, 3.8) is 0 Å². The normalized spacial score (nSPS) is 12.6. The van der Waals surface area contributed by atoms with E-state index in [0.717, 1.165) is 18.0 Å². The van der Waals surface area contributed by atoms with Crippen LogP contribution in [0.25, 0.3) is 0 Å². The number of hydrogen-bond acceptors (Lipinski definition) is 1. The summed E-state index contributed by atoms with van der Waals surface area (Å²) in [5, 5.41) is 4.43. The number of halogens is 1. The van der Waals surface area contributed by atoms with Gasteiger partial charge in [-0.3, -0.25) is 0 Å². The van der Waals surface area contributed by atoms with Crippen LogP contribution < -0.4 is 5.32 Å². The van der Waals surface area contributed by atoms with E-state index < -0.39 is 0 Å². The lowest BCUT2D eigenvalue weighted by molar-refractivity contribution is 0.511. The number of unbranched alkanes of at least 4 members (excludes halogenated alkanes) is 5. The first-order valence-electron chi connectivity index (χ1n) is 7.70. The Kier molecular flexibility index (Phi) is 8.94. The van der Waals surface area contributed by atoms with Gasteiger partial charge in [0.1, 0.15) is 0 Å². The second-order valence-electron chi connectivity index (χ2n) is 5.46. The summed E-state index contributed by atoms with van der Waals surface area (Å²) in [6, 6.07) is 8.69. The average molecular weight is 282 g/mol. The highest BCUT2D eigenvalue weighted by Gasteiger charge is 2.03. The molecule has 0 aliphatic heterocycles. The molecule has 1 nitrogen and oxygen atoms in total. The molecule has 1 N–H and O–H groups in total. The van der Waals surface area contributed by atoms with Crippen LogP contribution in [0.4, 0.5) is 0 Å². The fourth-order valence-corrected chi connectivity index (χ4v) is 2.56. The molecule has 0 aliphatic rings. The van der Waals surface area contributed by atoms with E-state index in [2.05, 4.69) is 31.3 Å². The molecular formula is C17H28ClN. The molecular weight excluding hydrogens is 254 g/mol. The standard InChI is InChI=1S/C17H28ClN/c1-3-4-5-6-7-8-12-19-15(2)13-16-10-9-11-17(18)14-16/h9-11,14-15,19H,3-8,12-13H2,1-2H3. The Morgan fingerprint density at radius 1 is 1.11 bits per heavy atom. The quantitative estimate of drug-likeness (QED) is 0.580. The minimum absolute atomic E-state index is 0.522. The molecule has 19 heavy (non-hydrogen) atoms. The fraction of sp³-hybridized carbons (Fsp3) is 0.647. The van der Waals surface area contributed by atoms with Gasteiger partial charge >= 0.3 is 0 Å². The molecule has 0 aliphatic carbocycles. The van der Waals surface area contributed by atoms with E-state index in [1.54, 1.807) is 0 Å². The van der Waals surface area contributed by atoms with Crippen LogP contribution in [-0.2, 0) is 6.42 Å². The smallest absolute Gasteiger partial charge is 0.0408 e. The van der Waals surface area contributed by atoms with Crippen LogP contribution >= 0.6 is 11.6 Å². The molecule has 0 fully saturated rings. The van der Waals surface area contributed by atoms with Crippen LogP contribution in [0.5, 0.6) is 0 Å². The highest BCUT2D eigenvalue weighted by atomic mass is 35.5. The van der Waals surface area contributed by atoms with Crippen molar-refractivity contribution in [1.82, 2.24) is 5.32 Å². The summed E-state index contributed by atoms with van der Waals surface area (Å²) in [6.45, 7) is 5.64. The molecule has 0 aromatic heterocycles. The molecule has 0 radical (unpaired) electrons. The third-order valence-electron chi connectivity index (χ3n) is 3.45. The van der Waals surface area contributed by atoms with Crippen molar-refractivity contribution in [3.8, 4) is 0 Å². The predicted molar refractivity (Wildman–Crippen MR) is 86.0 cm³/mol. The van der Waals surface area contributed by atoms with E-state index in [-0.39, 0.29) is 0 Å². The largest absolute Gasteiger partial charge is 0.314 e. The van der Waals surface area contributed by atoms with Gasteiger partial charge in [0.05, 0.1) is 0 Å². The van der Waals surface area contributed by atoms with Gasteiger partial charge in [-0.1, -0.05) is 62.8 Å². The summed E-state index contributed by atoms with van der Waals surface area (Å²) in [6.07, 6.45) is 9.21. The second kappa shape index (κ2) is 10.3. The first kappa shape index (κ1) is 16.5. The minimum Gasteiger partial charge on any atom is -0.314 e. The van der Waals surface area contributed by atoms with E-state index in [0.29, 0.717) is 6.04 Å². The second-order valence-corrected chi connectivity index (χ2v) is 5.89. The third-order valence-corrected chi connectivity index (χ3v) is 3.69. The Balaban J connectivity index is 2.06. The molecule has 1 unspecified atom stereocenters. The van der Waals surface area contributed by atoms with E-state index in [1.807, 2.05) is 12.1 Å². The van der Waals surface area contributed by atoms with Crippen LogP contribution in [-0.4, -0.2) is 12.6 Å². The summed E-state index contributed by atoms with van der Waals surface area (Å²) < 4.78 is 0. The molecule has 0 heterocycles. The average Bonchev–Trinajstić information content (AvgIpc) is 2.37. The summed E-state index contributed by atoms with van der Waals surface area (Å²) in [4.78, 5) is 0. The zero-order valence-corrected chi connectivity index (χ0v) is 13.2. The molecule has 0 saturated heterocycles. The zero-order valence-electron chi connectivity index (χ0n) is 12.4. The van der Waals surface area contributed by atoms with Crippen molar-refractivity contribution in [3.05, 3.63) is 34.9 Å². The van der Waals surface area contributed by atoms with Crippen molar-refractivity contribution < 1.29 is 0 Å². The number of benzene rings is 1. The Morgan fingerprint density at radius 3 is 2.58 bits per heavy atom. The molecule has 2 heteroatoms. The van der Waals surface area contributed by atoms with Crippen LogP contribution in [0, 0.1) is 0 Å². The number of rotatable bonds is 10. The van der Waals surface area contributed by atoms with Crippen molar-refractivity contribution in [2.24, 2.45) is 0 Å². The maximum absolute atomic E-state index is 6.00. The molecule has 1 aromatic carbocycles. The van der Waals surface area contributed by atoms with Crippen LogP contribution in [0.3, 0.4) is 0 Å². The number of hydrogen-bond donors (Lipinski definition) is 1. The van der Waals surface area contributed by atoms with Gasteiger partial charge in [-0.25, -0.2) is 0 Å². The topological polar surface area (TPSA) is 12.0 Å². The van der Waals surface area contributed by atoms with Gasteiger partial charge in [0, 0.05) is 11.1 Å². The van der Waals surface area contributed by atoms with Crippen LogP contribution in [0.1, 0.15) is 57.9 Å². The monoisotopic (exact) mass is 281 g/mol. The van der Waals surface area contributed by atoms with Gasteiger partial charge in [0.2, 0.25) is 0 Å². The molecule has 0 amide bonds. The van der Waals surface area contributed by atoms with Crippen LogP contribution in [0.15, 0.2) is 24.3 Å². The maximum Gasteiger partial charge on any atom is 0.0408 e. The first-order valence-corrected chi connectivity index (χ1v) is 8.08. The lowest BCUT2D eigenvalue weighted by atomic mass is 10.1. The van der Waals surface area contributed by atoms with Crippen molar-refractivity contribution in [2.75, 3.05) is 6.54 Å². The lowest BCUT2D eigenvalue weighted by Crippen LogP contribution is -2.28. The molecule has 0 spiro atoms. The van der Waals surface area contributed by atoms with Gasteiger partial charge in [0.25, 0.3) is 0 Å². The maximum atomic E-state index is 6.00. The summed E-state index contributed by atoms with van der Waals surface area (Å²) >= 11 is 6.00. The summed E-state index contributed by atoms with van der Waals surface area (Å²) in [5.74, 6) is 0. The van der Waals surface area contributed by atoms with E-state index in [9.17, 15) is 0 Å². The van der Waals surface area contributed by atoms with E-state index in [1.165, 1.54) is 44.1 Å². The Bertz CT molecular complexity index is 338. The summed E-state index contributed by atoms with van der Waals surface area (Å²) in [7, 11) is 0. The van der Waals surface area contributed by atoms with Crippen molar-refractivity contribution in [2.45, 2.75) is 64.8 Å². The lowest BCUT2D eigenvalue weighted by Gasteiger charge is -2.14. The molecule has 0 saturated carbocycles. The molecule has 1 aromatic rings. The highest BCUT2D eigenvalue weighted by molar-refractivity contribution is 6.30. The molecule has 1 atom stereocenters. The van der Waals surface area contributed by atoms with Crippen LogP contribution in [0.2, 0.25) is 5.02 Å². The predicted octanol–water partition coefficient (Wildman–Crippen LogP) is 5.22. The van der Waals surface area contributed by atoms with Crippen molar-refractivity contribution >= 4 is 11.6 Å². The fourth-order valence-electron chi connectivity index (χ4n) is 2.34. The molecule has 0 bridgehead atoms. The molecule has 1 rings (SSSR count). The van der Waals surface area contributed by atoms with E-state index >= 15 is 0 Å². The number of nitrogens with one attached hydrogen (secondary N) is 1. The first-order chi connectivity index (χ1) is 9.22. The van der Waals surface area contributed by atoms with Gasteiger partial charge in [0.15, 0.2) is 0 Å². The Labute approximate surface area is 123 Å². The van der Waals surface area contributed by atoms with Gasteiger partial charge in [-0.15, -0.1) is 0 Å². The highest BCUT2D eigenvalue weighted by Crippen LogP contribution is 2.12.